The smallest absolute Gasteiger partial charge is 0.226 e. The summed E-state index contributed by atoms with van der Waals surface area (Å²) in [5.41, 5.74) is 3.76. The van der Waals surface area contributed by atoms with Gasteiger partial charge in [-0.2, -0.15) is 10.2 Å². The number of benzene rings is 2. The summed E-state index contributed by atoms with van der Waals surface area (Å²) in [5.74, 6) is -0.366. The number of anilines is 1. The van der Waals surface area contributed by atoms with Crippen molar-refractivity contribution in [1.29, 1.82) is 0 Å². The molecule has 0 saturated heterocycles. The van der Waals surface area contributed by atoms with Gasteiger partial charge < -0.3 is 5.32 Å². The number of hydrogen-bond acceptors (Lipinski definition) is 3. The van der Waals surface area contributed by atoms with Crippen LogP contribution in [-0.2, 0) is 17.9 Å². The molecule has 0 atom stereocenters. The number of carbonyl (C=O) groups is 1. The normalized spacial score (nSPS) is 11.1. The summed E-state index contributed by atoms with van der Waals surface area (Å²) >= 11 is 0. The number of aromatic nitrogens is 4. The molecule has 1 N–H and O–H groups in total. The third-order valence-corrected chi connectivity index (χ3v) is 4.63. The molecule has 0 spiro atoms. The molecular formula is C21H20FN5O. The topological polar surface area (TPSA) is 64.7 Å². The minimum atomic E-state index is -0.266. The van der Waals surface area contributed by atoms with E-state index in [9.17, 15) is 9.18 Å². The molecule has 2 heterocycles. The minimum absolute atomic E-state index is 0.0994. The van der Waals surface area contributed by atoms with Crippen LogP contribution in [0, 0.1) is 12.7 Å². The second-order valence-corrected chi connectivity index (χ2v) is 6.73. The molecule has 2 aromatic heterocycles. The van der Waals surface area contributed by atoms with Crippen molar-refractivity contribution in [2.45, 2.75) is 26.4 Å². The molecule has 7 heteroatoms. The van der Waals surface area contributed by atoms with Gasteiger partial charge in [0, 0.05) is 18.0 Å². The highest BCUT2D eigenvalue weighted by Crippen LogP contribution is 2.18. The number of fused-ring (bicyclic) bond motifs is 1. The minimum Gasteiger partial charge on any atom is -0.323 e. The summed E-state index contributed by atoms with van der Waals surface area (Å²) in [6.45, 7) is 3.06. The zero-order valence-electron chi connectivity index (χ0n) is 15.5. The first kappa shape index (κ1) is 17.9. The fourth-order valence-corrected chi connectivity index (χ4v) is 3.15. The van der Waals surface area contributed by atoms with Crippen molar-refractivity contribution in [3.63, 3.8) is 0 Å². The molecule has 2 aromatic carbocycles. The van der Waals surface area contributed by atoms with Crippen LogP contribution in [0.4, 0.5) is 10.1 Å². The lowest BCUT2D eigenvalue weighted by Crippen LogP contribution is -2.14. The van der Waals surface area contributed by atoms with Crippen LogP contribution < -0.4 is 5.32 Å². The van der Waals surface area contributed by atoms with Gasteiger partial charge in [-0.25, -0.2) is 4.39 Å². The first-order valence-electron chi connectivity index (χ1n) is 9.06. The molecule has 28 heavy (non-hydrogen) atoms. The Morgan fingerprint density at radius 1 is 1.11 bits per heavy atom. The SMILES string of the molecule is Cc1cccc2c1cnn2CCC(=O)Nc1cnn(Cc2ccc(F)cc2)c1. The maximum absolute atomic E-state index is 13.0. The van der Waals surface area contributed by atoms with E-state index in [1.54, 1.807) is 29.2 Å². The van der Waals surface area contributed by atoms with Crippen molar-refractivity contribution in [3.05, 3.63) is 78.0 Å². The Morgan fingerprint density at radius 3 is 2.75 bits per heavy atom. The highest BCUT2D eigenvalue weighted by Gasteiger charge is 2.09. The van der Waals surface area contributed by atoms with Crippen molar-refractivity contribution < 1.29 is 9.18 Å². The molecule has 0 aliphatic rings. The molecule has 0 radical (unpaired) electrons. The van der Waals surface area contributed by atoms with Crippen molar-refractivity contribution in [2.24, 2.45) is 0 Å². The van der Waals surface area contributed by atoms with E-state index in [0.29, 0.717) is 25.2 Å². The molecule has 0 saturated carbocycles. The second kappa shape index (κ2) is 7.64. The number of rotatable bonds is 6. The predicted octanol–water partition coefficient (Wildman–Crippen LogP) is 3.76. The number of carbonyl (C=O) groups excluding carboxylic acids is 1. The fraction of sp³-hybridized carbons (Fsp3) is 0.190. The van der Waals surface area contributed by atoms with Gasteiger partial charge in [0.15, 0.2) is 0 Å². The fourth-order valence-electron chi connectivity index (χ4n) is 3.15. The van der Waals surface area contributed by atoms with E-state index in [-0.39, 0.29) is 11.7 Å². The van der Waals surface area contributed by atoms with Gasteiger partial charge in [-0.15, -0.1) is 0 Å². The molecule has 0 fully saturated rings. The van der Waals surface area contributed by atoms with Gasteiger partial charge in [0.1, 0.15) is 5.82 Å². The van der Waals surface area contributed by atoms with E-state index in [2.05, 4.69) is 15.5 Å². The molecule has 4 rings (SSSR count). The number of halogens is 1. The van der Waals surface area contributed by atoms with Gasteiger partial charge in [0.2, 0.25) is 5.91 Å². The Balaban J connectivity index is 1.34. The molecule has 0 aliphatic carbocycles. The summed E-state index contributed by atoms with van der Waals surface area (Å²) in [6.07, 6.45) is 5.51. The third-order valence-electron chi connectivity index (χ3n) is 4.63. The zero-order valence-corrected chi connectivity index (χ0v) is 15.5. The standard InChI is InChI=1S/C21H20FN5O/c1-15-3-2-4-20-19(15)12-24-27(20)10-9-21(28)25-18-11-23-26(14-18)13-16-5-7-17(22)8-6-16/h2-8,11-12,14H,9-10,13H2,1H3,(H,25,28). The Labute approximate surface area is 161 Å². The lowest BCUT2D eigenvalue weighted by Gasteiger charge is -2.05. The molecule has 0 bridgehead atoms. The molecule has 6 nitrogen and oxygen atoms in total. The van der Waals surface area contributed by atoms with Gasteiger partial charge >= 0.3 is 0 Å². The largest absolute Gasteiger partial charge is 0.323 e. The van der Waals surface area contributed by atoms with Crippen LogP contribution in [0.5, 0.6) is 0 Å². The van der Waals surface area contributed by atoms with Gasteiger partial charge in [-0.05, 0) is 36.2 Å². The molecule has 0 unspecified atom stereocenters. The quantitative estimate of drug-likeness (QED) is 0.556. The summed E-state index contributed by atoms with van der Waals surface area (Å²) < 4.78 is 16.5. The summed E-state index contributed by atoms with van der Waals surface area (Å²) in [5, 5.41) is 12.6. The number of amides is 1. The molecule has 142 valence electrons. The van der Waals surface area contributed by atoms with Crippen molar-refractivity contribution in [3.8, 4) is 0 Å². The Morgan fingerprint density at radius 2 is 1.93 bits per heavy atom. The Kier molecular flexibility index (Phi) is 4.89. The Hall–Kier alpha value is -3.48. The molecule has 1 amide bonds. The summed E-state index contributed by atoms with van der Waals surface area (Å²) in [7, 11) is 0. The highest BCUT2D eigenvalue weighted by atomic mass is 19.1. The van der Waals surface area contributed by atoms with Crippen molar-refractivity contribution in [2.75, 3.05) is 5.32 Å². The lowest BCUT2D eigenvalue weighted by molar-refractivity contribution is -0.116. The van der Waals surface area contributed by atoms with E-state index in [4.69, 9.17) is 0 Å². The first-order chi connectivity index (χ1) is 13.6. The zero-order chi connectivity index (χ0) is 19.5. The van der Waals surface area contributed by atoms with Crippen LogP contribution >= 0.6 is 0 Å². The molecule has 4 aromatic rings. The van der Waals surface area contributed by atoms with Crippen LogP contribution in [0.1, 0.15) is 17.5 Å². The average Bonchev–Trinajstić information content (AvgIpc) is 3.29. The van der Waals surface area contributed by atoms with Crippen molar-refractivity contribution >= 4 is 22.5 Å². The van der Waals surface area contributed by atoms with Gasteiger partial charge in [0.25, 0.3) is 0 Å². The van der Waals surface area contributed by atoms with E-state index in [1.807, 2.05) is 36.0 Å². The van der Waals surface area contributed by atoms with Gasteiger partial charge in [-0.3, -0.25) is 14.2 Å². The lowest BCUT2D eigenvalue weighted by atomic mass is 10.1. The van der Waals surface area contributed by atoms with E-state index < -0.39 is 0 Å². The van der Waals surface area contributed by atoms with Gasteiger partial charge in [-0.1, -0.05) is 24.3 Å². The molecular weight excluding hydrogens is 357 g/mol. The first-order valence-corrected chi connectivity index (χ1v) is 9.06. The summed E-state index contributed by atoms with van der Waals surface area (Å²) in [4.78, 5) is 12.3. The second-order valence-electron chi connectivity index (χ2n) is 6.73. The van der Waals surface area contributed by atoms with E-state index in [1.165, 1.54) is 17.7 Å². The number of hydrogen-bond donors (Lipinski definition) is 1. The van der Waals surface area contributed by atoms with E-state index in [0.717, 1.165) is 16.5 Å². The van der Waals surface area contributed by atoms with Crippen LogP contribution in [0.15, 0.2) is 61.1 Å². The van der Waals surface area contributed by atoms with Gasteiger partial charge in [0.05, 0.1) is 36.7 Å². The number of nitrogens with zero attached hydrogens (tertiary/aromatic N) is 4. The average molecular weight is 377 g/mol. The Bertz CT molecular complexity index is 1110. The molecule has 0 aliphatic heterocycles. The van der Waals surface area contributed by atoms with Crippen LogP contribution in [0.2, 0.25) is 0 Å². The van der Waals surface area contributed by atoms with Crippen molar-refractivity contribution in [1.82, 2.24) is 19.6 Å². The number of aryl methyl sites for hydroxylation is 2. The van der Waals surface area contributed by atoms with E-state index >= 15 is 0 Å². The highest BCUT2D eigenvalue weighted by molar-refractivity contribution is 5.90. The van der Waals surface area contributed by atoms with Crippen LogP contribution in [-0.4, -0.2) is 25.5 Å². The maximum atomic E-state index is 13.0. The van der Waals surface area contributed by atoms with Crippen LogP contribution in [0.25, 0.3) is 10.9 Å². The third kappa shape index (κ3) is 3.93. The summed E-state index contributed by atoms with van der Waals surface area (Å²) in [6, 6.07) is 12.3. The number of nitrogens with one attached hydrogen (secondary N) is 1. The van der Waals surface area contributed by atoms with Crippen LogP contribution in [0.3, 0.4) is 0 Å². The predicted molar refractivity (Wildman–Crippen MR) is 105 cm³/mol. The maximum Gasteiger partial charge on any atom is 0.226 e. The monoisotopic (exact) mass is 377 g/mol.